The van der Waals surface area contributed by atoms with Crippen molar-refractivity contribution >= 4 is 50.5 Å². The number of phenolic OH excluding ortho intramolecular Hbond substituents is 1. The summed E-state index contributed by atoms with van der Waals surface area (Å²) in [5, 5.41) is 15.7. The topological polar surface area (TPSA) is 62.2 Å². The number of anilines is 1. The lowest BCUT2D eigenvalue weighted by Crippen LogP contribution is -2.12. The first-order valence-corrected chi connectivity index (χ1v) is 9.01. The maximum Gasteiger partial charge on any atom is 0.275 e. The van der Waals surface area contributed by atoms with Gasteiger partial charge in [0.15, 0.2) is 5.75 Å². The summed E-state index contributed by atoms with van der Waals surface area (Å²) >= 11 is 10.6. The van der Waals surface area contributed by atoms with Crippen LogP contribution in [0.3, 0.4) is 0 Å². The molecule has 1 heterocycles. The average Bonchev–Trinajstić information content (AvgIpc) is 3.02. The number of nitrogens with one attached hydrogen (secondary N) is 1. The van der Waals surface area contributed by atoms with Crippen molar-refractivity contribution in [3.63, 3.8) is 0 Å². The molecule has 3 rings (SSSR count). The number of carbonyl (C=O) groups is 1. The lowest BCUT2D eigenvalue weighted by Gasteiger charge is -2.08. The molecule has 0 aliphatic heterocycles. The summed E-state index contributed by atoms with van der Waals surface area (Å²) in [6, 6.07) is 10.8. The quantitative estimate of drug-likeness (QED) is 0.547. The molecule has 0 fully saturated rings. The van der Waals surface area contributed by atoms with Gasteiger partial charge in [0.25, 0.3) is 5.91 Å². The third kappa shape index (κ3) is 3.61. The zero-order valence-electron chi connectivity index (χ0n) is 12.5. The van der Waals surface area contributed by atoms with Crippen LogP contribution in [0.4, 0.5) is 5.69 Å². The molecule has 0 saturated heterocycles. The monoisotopic (exact) mass is 422 g/mol. The van der Waals surface area contributed by atoms with Crippen molar-refractivity contribution in [1.82, 2.24) is 4.98 Å². The van der Waals surface area contributed by atoms with E-state index in [0.717, 1.165) is 11.1 Å². The highest BCUT2D eigenvalue weighted by molar-refractivity contribution is 9.10. The molecule has 1 aromatic heterocycles. The van der Waals surface area contributed by atoms with Crippen molar-refractivity contribution in [2.75, 3.05) is 5.32 Å². The Morgan fingerprint density at radius 1 is 1.33 bits per heavy atom. The van der Waals surface area contributed by atoms with E-state index in [9.17, 15) is 9.90 Å². The number of hydrogen-bond donors (Lipinski definition) is 2. The summed E-state index contributed by atoms with van der Waals surface area (Å²) < 4.78 is 0.524. The van der Waals surface area contributed by atoms with Crippen LogP contribution in [0.5, 0.6) is 5.75 Å². The van der Waals surface area contributed by atoms with E-state index in [2.05, 4.69) is 26.2 Å². The Balaban J connectivity index is 1.84. The van der Waals surface area contributed by atoms with Gasteiger partial charge in [-0.15, -0.1) is 11.3 Å². The van der Waals surface area contributed by atoms with Crippen LogP contribution in [0.1, 0.15) is 16.1 Å². The number of aryl methyl sites for hydroxylation is 1. The summed E-state index contributed by atoms with van der Waals surface area (Å²) in [7, 11) is 0. The minimum atomic E-state index is -0.382. The Labute approximate surface area is 156 Å². The molecule has 0 aliphatic rings. The molecule has 0 bridgehead atoms. The second kappa shape index (κ2) is 6.93. The minimum Gasteiger partial charge on any atom is -0.505 e. The number of amides is 1. The SMILES string of the molecule is Cc1cc(Br)c(O)c(NC(=O)c2csc(-c3cccc(Cl)c3)n2)c1. The van der Waals surface area contributed by atoms with E-state index < -0.39 is 0 Å². The number of benzene rings is 2. The van der Waals surface area contributed by atoms with Gasteiger partial charge < -0.3 is 10.4 Å². The largest absolute Gasteiger partial charge is 0.505 e. The molecule has 0 spiro atoms. The second-order valence-electron chi connectivity index (χ2n) is 5.15. The van der Waals surface area contributed by atoms with Gasteiger partial charge in [0, 0.05) is 16.0 Å². The fourth-order valence-electron chi connectivity index (χ4n) is 2.15. The first kappa shape index (κ1) is 17.0. The Morgan fingerprint density at radius 3 is 2.88 bits per heavy atom. The van der Waals surface area contributed by atoms with Crippen molar-refractivity contribution in [1.29, 1.82) is 0 Å². The highest BCUT2D eigenvalue weighted by Gasteiger charge is 2.15. The Kier molecular flexibility index (Phi) is 4.89. The van der Waals surface area contributed by atoms with Crippen LogP contribution in [-0.2, 0) is 0 Å². The molecule has 0 aliphatic carbocycles. The number of phenols is 1. The zero-order valence-corrected chi connectivity index (χ0v) is 15.7. The molecule has 0 atom stereocenters. The van der Waals surface area contributed by atoms with Gasteiger partial charge in [0.1, 0.15) is 10.7 Å². The highest BCUT2D eigenvalue weighted by atomic mass is 79.9. The first-order chi connectivity index (χ1) is 11.4. The average molecular weight is 424 g/mol. The fourth-order valence-corrected chi connectivity index (χ4v) is 3.71. The molecule has 7 heteroatoms. The Morgan fingerprint density at radius 2 is 2.12 bits per heavy atom. The molecule has 2 N–H and O–H groups in total. The van der Waals surface area contributed by atoms with Gasteiger partial charge >= 0.3 is 0 Å². The van der Waals surface area contributed by atoms with Crippen molar-refractivity contribution in [3.05, 3.63) is 62.5 Å². The van der Waals surface area contributed by atoms with E-state index in [4.69, 9.17) is 11.6 Å². The van der Waals surface area contributed by atoms with Crippen LogP contribution >= 0.6 is 38.9 Å². The molecular formula is C17H12BrClN2O2S. The van der Waals surface area contributed by atoms with Gasteiger partial charge in [-0.3, -0.25) is 4.79 Å². The van der Waals surface area contributed by atoms with E-state index in [1.54, 1.807) is 29.6 Å². The summed E-state index contributed by atoms with van der Waals surface area (Å²) in [6.45, 7) is 1.87. The predicted octanol–water partition coefficient (Wildman–Crippen LogP) is 5.49. The molecule has 122 valence electrons. The van der Waals surface area contributed by atoms with Crippen molar-refractivity contribution < 1.29 is 9.90 Å². The molecule has 4 nitrogen and oxygen atoms in total. The Hall–Kier alpha value is -1.89. The van der Waals surface area contributed by atoms with Gasteiger partial charge in [-0.05, 0) is 52.7 Å². The first-order valence-electron chi connectivity index (χ1n) is 6.96. The van der Waals surface area contributed by atoms with Gasteiger partial charge in [0.2, 0.25) is 0 Å². The van der Waals surface area contributed by atoms with Crippen LogP contribution < -0.4 is 5.32 Å². The molecule has 24 heavy (non-hydrogen) atoms. The second-order valence-corrected chi connectivity index (χ2v) is 7.29. The van der Waals surface area contributed by atoms with E-state index in [-0.39, 0.29) is 17.4 Å². The molecule has 0 unspecified atom stereocenters. The number of thiazole rings is 1. The van der Waals surface area contributed by atoms with Gasteiger partial charge in [0.05, 0.1) is 10.2 Å². The Bertz CT molecular complexity index is 927. The third-order valence-electron chi connectivity index (χ3n) is 3.26. The highest BCUT2D eigenvalue weighted by Crippen LogP contribution is 2.34. The summed E-state index contributed by atoms with van der Waals surface area (Å²) in [5.74, 6) is -0.397. The van der Waals surface area contributed by atoms with Crippen LogP contribution in [-0.4, -0.2) is 16.0 Å². The lowest BCUT2D eigenvalue weighted by molar-refractivity contribution is 0.102. The van der Waals surface area contributed by atoms with Crippen molar-refractivity contribution in [2.24, 2.45) is 0 Å². The van der Waals surface area contributed by atoms with Crippen LogP contribution in [0.15, 0.2) is 46.3 Å². The maximum absolute atomic E-state index is 12.4. The fraction of sp³-hybridized carbons (Fsp3) is 0.0588. The molecule has 2 aromatic carbocycles. The molecule has 3 aromatic rings. The van der Waals surface area contributed by atoms with E-state index in [1.165, 1.54) is 11.3 Å². The summed E-state index contributed by atoms with van der Waals surface area (Å²) in [4.78, 5) is 16.7. The van der Waals surface area contributed by atoms with Crippen LogP contribution in [0.2, 0.25) is 5.02 Å². The van der Waals surface area contributed by atoms with Gasteiger partial charge in [-0.2, -0.15) is 0 Å². The predicted molar refractivity (Wildman–Crippen MR) is 101 cm³/mol. The minimum absolute atomic E-state index is 0.0146. The zero-order chi connectivity index (χ0) is 17.3. The number of nitrogens with zero attached hydrogens (tertiary/aromatic N) is 1. The molecule has 0 saturated carbocycles. The van der Waals surface area contributed by atoms with E-state index in [1.807, 2.05) is 19.1 Å². The normalized spacial score (nSPS) is 10.6. The summed E-state index contributed by atoms with van der Waals surface area (Å²) in [5.41, 5.74) is 2.39. The van der Waals surface area contributed by atoms with E-state index >= 15 is 0 Å². The van der Waals surface area contributed by atoms with Crippen molar-refractivity contribution in [3.8, 4) is 16.3 Å². The molecule has 0 radical (unpaired) electrons. The summed E-state index contributed by atoms with van der Waals surface area (Å²) in [6.07, 6.45) is 0. The van der Waals surface area contributed by atoms with E-state index in [0.29, 0.717) is 20.2 Å². The van der Waals surface area contributed by atoms with Crippen LogP contribution in [0, 0.1) is 6.92 Å². The van der Waals surface area contributed by atoms with Gasteiger partial charge in [-0.1, -0.05) is 23.7 Å². The maximum atomic E-state index is 12.4. The smallest absolute Gasteiger partial charge is 0.275 e. The number of rotatable bonds is 3. The number of halogens is 2. The third-order valence-corrected chi connectivity index (χ3v) is 5.00. The molecule has 1 amide bonds. The van der Waals surface area contributed by atoms with Crippen molar-refractivity contribution in [2.45, 2.75) is 6.92 Å². The number of hydrogen-bond acceptors (Lipinski definition) is 4. The van der Waals surface area contributed by atoms with Crippen LogP contribution in [0.25, 0.3) is 10.6 Å². The standard InChI is InChI=1S/C17H12BrClN2O2S/c1-9-5-12(18)15(22)13(6-9)20-16(23)14-8-24-17(21-14)10-3-2-4-11(19)7-10/h2-8,22H,1H3,(H,20,23). The molecular weight excluding hydrogens is 412 g/mol. The van der Waals surface area contributed by atoms with Gasteiger partial charge in [-0.25, -0.2) is 4.98 Å². The lowest BCUT2D eigenvalue weighted by atomic mass is 10.2. The number of aromatic hydroxyl groups is 1. The number of carbonyl (C=O) groups excluding carboxylic acids is 1. The number of aromatic nitrogens is 1.